The van der Waals surface area contributed by atoms with E-state index in [1.165, 1.54) is 6.08 Å². The molecule has 1 N–H and O–H groups in total. The van der Waals surface area contributed by atoms with Gasteiger partial charge in [0.25, 0.3) is 0 Å². The quantitative estimate of drug-likeness (QED) is 0.608. The number of furan rings is 1. The number of hydrogen-bond acceptors (Lipinski definition) is 3. The molecule has 0 saturated carbocycles. The van der Waals surface area contributed by atoms with E-state index in [4.69, 9.17) is 9.15 Å². The van der Waals surface area contributed by atoms with Gasteiger partial charge in [0, 0.05) is 19.6 Å². The SMILES string of the molecule is C/C=C/C=C/C(=O)N[C@@H](COC)c1ccc(CC)o1. The van der Waals surface area contributed by atoms with Crippen molar-refractivity contribution in [1.29, 1.82) is 0 Å². The van der Waals surface area contributed by atoms with Crippen molar-refractivity contribution in [2.45, 2.75) is 26.3 Å². The summed E-state index contributed by atoms with van der Waals surface area (Å²) in [6, 6.07) is 3.52. The monoisotopic (exact) mass is 263 g/mol. The van der Waals surface area contributed by atoms with Crippen molar-refractivity contribution in [3.8, 4) is 0 Å². The van der Waals surface area contributed by atoms with E-state index < -0.39 is 0 Å². The second kappa shape index (κ2) is 8.32. The number of carbonyl (C=O) groups is 1. The topological polar surface area (TPSA) is 51.5 Å². The molecule has 1 heterocycles. The van der Waals surface area contributed by atoms with Gasteiger partial charge in [0.2, 0.25) is 5.91 Å². The fraction of sp³-hybridized carbons (Fsp3) is 0.400. The van der Waals surface area contributed by atoms with Crippen molar-refractivity contribution in [3.05, 3.63) is 48.0 Å². The summed E-state index contributed by atoms with van der Waals surface area (Å²) in [6.07, 6.45) is 7.66. The zero-order valence-electron chi connectivity index (χ0n) is 11.7. The van der Waals surface area contributed by atoms with E-state index >= 15 is 0 Å². The Morgan fingerprint density at radius 2 is 2.26 bits per heavy atom. The molecule has 0 unspecified atom stereocenters. The zero-order valence-corrected chi connectivity index (χ0v) is 11.7. The first-order valence-electron chi connectivity index (χ1n) is 6.38. The van der Waals surface area contributed by atoms with Crippen molar-refractivity contribution in [3.63, 3.8) is 0 Å². The van der Waals surface area contributed by atoms with Gasteiger partial charge in [-0.1, -0.05) is 25.2 Å². The van der Waals surface area contributed by atoms with E-state index in [2.05, 4.69) is 5.32 Å². The van der Waals surface area contributed by atoms with E-state index in [0.29, 0.717) is 12.4 Å². The van der Waals surface area contributed by atoms with Crippen molar-refractivity contribution in [2.75, 3.05) is 13.7 Å². The molecule has 19 heavy (non-hydrogen) atoms. The molecule has 1 atom stereocenters. The van der Waals surface area contributed by atoms with Gasteiger partial charge >= 0.3 is 0 Å². The highest BCUT2D eigenvalue weighted by Gasteiger charge is 2.16. The highest BCUT2D eigenvalue weighted by molar-refractivity contribution is 5.88. The molecule has 1 aromatic rings. The Bertz CT molecular complexity index is 446. The fourth-order valence-electron chi connectivity index (χ4n) is 1.61. The van der Waals surface area contributed by atoms with Gasteiger partial charge in [-0.05, 0) is 19.1 Å². The number of hydrogen-bond donors (Lipinski definition) is 1. The Balaban J connectivity index is 2.69. The van der Waals surface area contributed by atoms with Gasteiger partial charge in [0.1, 0.15) is 17.6 Å². The lowest BCUT2D eigenvalue weighted by atomic mass is 10.2. The largest absolute Gasteiger partial charge is 0.464 e. The summed E-state index contributed by atoms with van der Waals surface area (Å²) in [6.45, 7) is 4.29. The average molecular weight is 263 g/mol. The maximum Gasteiger partial charge on any atom is 0.244 e. The summed E-state index contributed by atoms with van der Waals surface area (Å²) in [4.78, 5) is 11.7. The molecule has 0 aliphatic heterocycles. The van der Waals surface area contributed by atoms with Crippen molar-refractivity contribution < 1.29 is 13.9 Å². The number of methoxy groups -OCH3 is 1. The molecule has 0 aromatic carbocycles. The smallest absolute Gasteiger partial charge is 0.244 e. The molecule has 0 saturated heterocycles. The lowest BCUT2D eigenvalue weighted by molar-refractivity contribution is -0.117. The first-order valence-corrected chi connectivity index (χ1v) is 6.38. The third-order valence-electron chi connectivity index (χ3n) is 2.58. The Kier molecular flexibility index (Phi) is 6.68. The van der Waals surface area contributed by atoms with Crippen molar-refractivity contribution in [2.24, 2.45) is 0 Å². The summed E-state index contributed by atoms with van der Waals surface area (Å²) in [5.74, 6) is 1.44. The zero-order chi connectivity index (χ0) is 14.1. The summed E-state index contributed by atoms with van der Waals surface area (Å²) < 4.78 is 10.8. The molecular formula is C15H21NO3. The van der Waals surface area contributed by atoms with E-state index in [-0.39, 0.29) is 11.9 Å². The standard InChI is InChI=1S/C15H21NO3/c1-4-6-7-8-15(17)16-13(11-18-3)14-10-9-12(5-2)19-14/h4,6-10,13H,5,11H2,1-3H3,(H,16,17)/b6-4+,8-7+/t13-/m0/s1. The minimum Gasteiger partial charge on any atom is -0.464 e. The summed E-state index contributed by atoms with van der Waals surface area (Å²) in [7, 11) is 1.60. The van der Waals surface area contributed by atoms with Crippen LogP contribution < -0.4 is 5.32 Å². The van der Waals surface area contributed by atoms with Crippen molar-refractivity contribution in [1.82, 2.24) is 5.32 Å². The molecule has 1 aromatic heterocycles. The number of carbonyl (C=O) groups excluding carboxylic acids is 1. The molecule has 4 nitrogen and oxygen atoms in total. The lowest BCUT2D eigenvalue weighted by Gasteiger charge is -2.14. The molecule has 0 fully saturated rings. The minimum atomic E-state index is -0.270. The average Bonchev–Trinajstić information content (AvgIpc) is 2.87. The van der Waals surface area contributed by atoms with Crippen LogP contribution in [0.25, 0.3) is 0 Å². The van der Waals surface area contributed by atoms with Crippen LogP contribution in [0.5, 0.6) is 0 Å². The van der Waals surface area contributed by atoms with Crippen LogP contribution in [-0.2, 0) is 16.0 Å². The first kappa shape index (κ1) is 15.2. The predicted octanol–water partition coefficient (Wildman–Crippen LogP) is 2.78. The van der Waals surface area contributed by atoms with Crippen LogP contribution in [0.4, 0.5) is 0 Å². The number of ether oxygens (including phenoxy) is 1. The maximum atomic E-state index is 11.7. The van der Waals surface area contributed by atoms with E-state index in [1.54, 1.807) is 19.3 Å². The Labute approximate surface area is 114 Å². The van der Waals surface area contributed by atoms with Gasteiger partial charge in [-0.15, -0.1) is 0 Å². The summed E-state index contributed by atoms with van der Waals surface area (Å²) in [5, 5.41) is 2.85. The third kappa shape index (κ3) is 5.14. The van der Waals surface area contributed by atoms with Crippen molar-refractivity contribution >= 4 is 5.91 Å². The van der Waals surface area contributed by atoms with Crippen LogP contribution in [0.2, 0.25) is 0 Å². The van der Waals surface area contributed by atoms with Crippen LogP contribution in [-0.4, -0.2) is 19.6 Å². The Hall–Kier alpha value is -1.81. The molecule has 0 bridgehead atoms. The molecule has 0 aliphatic carbocycles. The molecule has 104 valence electrons. The number of allylic oxidation sites excluding steroid dienone is 3. The van der Waals surface area contributed by atoms with Gasteiger partial charge < -0.3 is 14.5 Å². The highest BCUT2D eigenvalue weighted by atomic mass is 16.5. The summed E-state index contributed by atoms with van der Waals surface area (Å²) >= 11 is 0. The van der Waals surface area contributed by atoms with Crippen LogP contribution in [0.3, 0.4) is 0 Å². The van der Waals surface area contributed by atoms with Gasteiger partial charge in [-0.3, -0.25) is 4.79 Å². The number of nitrogens with one attached hydrogen (secondary N) is 1. The van der Waals surface area contributed by atoms with Gasteiger partial charge in [-0.2, -0.15) is 0 Å². The molecule has 4 heteroatoms. The van der Waals surface area contributed by atoms with Gasteiger partial charge in [0.05, 0.1) is 6.61 Å². The van der Waals surface area contributed by atoms with Gasteiger partial charge in [-0.25, -0.2) is 0 Å². The maximum absolute atomic E-state index is 11.7. The third-order valence-corrected chi connectivity index (χ3v) is 2.58. The molecule has 1 rings (SSSR count). The molecule has 0 aliphatic rings. The van der Waals surface area contributed by atoms with Gasteiger partial charge in [0.15, 0.2) is 0 Å². The predicted molar refractivity (Wildman–Crippen MR) is 74.8 cm³/mol. The molecule has 1 amide bonds. The normalized spacial score (nSPS) is 13.2. The highest BCUT2D eigenvalue weighted by Crippen LogP contribution is 2.17. The molecular weight excluding hydrogens is 242 g/mol. The van der Waals surface area contributed by atoms with Crippen LogP contribution >= 0.6 is 0 Å². The van der Waals surface area contributed by atoms with Crippen LogP contribution in [0.1, 0.15) is 31.4 Å². The summed E-state index contributed by atoms with van der Waals surface area (Å²) in [5.41, 5.74) is 0. The first-order chi connectivity index (χ1) is 9.21. The molecule has 0 spiro atoms. The number of rotatable bonds is 7. The fourth-order valence-corrected chi connectivity index (χ4v) is 1.61. The van der Waals surface area contributed by atoms with E-state index in [0.717, 1.165) is 12.2 Å². The number of aryl methyl sites for hydroxylation is 1. The van der Waals surface area contributed by atoms with Crippen LogP contribution in [0, 0.1) is 0 Å². The second-order valence-electron chi connectivity index (χ2n) is 4.06. The van der Waals surface area contributed by atoms with E-state index in [9.17, 15) is 4.79 Å². The Morgan fingerprint density at radius 1 is 1.47 bits per heavy atom. The minimum absolute atomic E-state index is 0.172. The second-order valence-corrected chi connectivity index (χ2v) is 4.06. The molecule has 0 radical (unpaired) electrons. The number of amides is 1. The Morgan fingerprint density at radius 3 is 2.84 bits per heavy atom. The van der Waals surface area contributed by atoms with Crippen LogP contribution in [0.15, 0.2) is 40.9 Å². The lowest BCUT2D eigenvalue weighted by Crippen LogP contribution is -2.29. The van der Waals surface area contributed by atoms with E-state index in [1.807, 2.05) is 32.1 Å².